The second-order valence-electron chi connectivity index (χ2n) is 5.20. The predicted molar refractivity (Wildman–Crippen MR) is 103 cm³/mol. The van der Waals surface area contributed by atoms with Crippen molar-refractivity contribution in [2.75, 3.05) is 12.4 Å². The van der Waals surface area contributed by atoms with Crippen molar-refractivity contribution >= 4 is 34.5 Å². The third-order valence-corrected chi connectivity index (χ3v) is 4.26. The zero-order chi connectivity index (χ0) is 19.1. The van der Waals surface area contributed by atoms with E-state index in [0.29, 0.717) is 10.8 Å². The predicted octanol–water partition coefficient (Wildman–Crippen LogP) is 2.30. The Hall–Kier alpha value is -3.59. The topological polar surface area (TPSA) is 106 Å². The van der Waals surface area contributed by atoms with Crippen LogP contribution in [0.25, 0.3) is 10.6 Å². The first-order valence-corrected chi connectivity index (χ1v) is 8.65. The van der Waals surface area contributed by atoms with Gasteiger partial charge in [0.25, 0.3) is 0 Å². The van der Waals surface area contributed by atoms with Gasteiger partial charge in [-0.15, -0.1) is 10.2 Å². The van der Waals surface area contributed by atoms with Crippen LogP contribution in [0.3, 0.4) is 0 Å². The van der Waals surface area contributed by atoms with E-state index in [9.17, 15) is 9.59 Å². The van der Waals surface area contributed by atoms with Gasteiger partial charge in [0.1, 0.15) is 10.8 Å². The summed E-state index contributed by atoms with van der Waals surface area (Å²) in [5.74, 6) is -1.07. The average molecular weight is 381 g/mol. The monoisotopic (exact) mass is 381 g/mol. The molecule has 0 spiro atoms. The van der Waals surface area contributed by atoms with Gasteiger partial charge in [-0.3, -0.25) is 14.9 Å². The molecule has 2 N–H and O–H groups in total. The fourth-order valence-electron chi connectivity index (χ4n) is 2.03. The summed E-state index contributed by atoms with van der Waals surface area (Å²) in [5.41, 5.74) is 3.78. The molecule has 9 heteroatoms. The molecule has 27 heavy (non-hydrogen) atoms. The third-order valence-electron chi connectivity index (χ3n) is 3.37. The zero-order valence-electron chi connectivity index (χ0n) is 14.2. The SMILES string of the molecule is COc1ccc(/C=N/NC(=O)C(=O)Nc2nnc(-c3ccccc3)s2)cc1. The number of hydrogen-bond acceptors (Lipinski definition) is 7. The van der Waals surface area contributed by atoms with Crippen molar-refractivity contribution in [2.45, 2.75) is 0 Å². The maximum Gasteiger partial charge on any atom is 0.329 e. The number of ether oxygens (including phenoxy) is 1. The molecule has 0 saturated heterocycles. The number of nitrogens with one attached hydrogen (secondary N) is 2. The van der Waals surface area contributed by atoms with Crippen LogP contribution in [-0.2, 0) is 9.59 Å². The van der Waals surface area contributed by atoms with Gasteiger partial charge in [0, 0.05) is 5.56 Å². The van der Waals surface area contributed by atoms with E-state index >= 15 is 0 Å². The van der Waals surface area contributed by atoms with Gasteiger partial charge in [-0.1, -0.05) is 41.7 Å². The molecule has 1 heterocycles. The van der Waals surface area contributed by atoms with Crippen molar-refractivity contribution in [3.05, 3.63) is 60.2 Å². The second-order valence-corrected chi connectivity index (χ2v) is 6.18. The molecule has 0 saturated carbocycles. The Labute approximate surface area is 158 Å². The van der Waals surface area contributed by atoms with Gasteiger partial charge in [-0.25, -0.2) is 5.43 Å². The number of hydrogen-bond donors (Lipinski definition) is 2. The van der Waals surface area contributed by atoms with E-state index in [0.717, 1.165) is 11.1 Å². The molecule has 0 radical (unpaired) electrons. The fourth-order valence-corrected chi connectivity index (χ4v) is 2.78. The molecule has 1 aromatic heterocycles. The molecule has 3 aromatic rings. The van der Waals surface area contributed by atoms with Gasteiger partial charge in [-0.2, -0.15) is 5.10 Å². The highest BCUT2D eigenvalue weighted by Gasteiger charge is 2.16. The summed E-state index contributed by atoms with van der Waals surface area (Å²) in [6.45, 7) is 0. The molecule has 2 aromatic carbocycles. The van der Waals surface area contributed by atoms with Crippen LogP contribution in [0, 0.1) is 0 Å². The number of carbonyl (C=O) groups excluding carboxylic acids is 2. The maximum atomic E-state index is 11.9. The Balaban J connectivity index is 1.54. The number of carbonyl (C=O) groups is 2. The number of aromatic nitrogens is 2. The van der Waals surface area contributed by atoms with Gasteiger partial charge in [0.15, 0.2) is 0 Å². The Morgan fingerprint density at radius 3 is 2.48 bits per heavy atom. The van der Waals surface area contributed by atoms with Crippen LogP contribution in [-0.4, -0.2) is 35.3 Å². The Morgan fingerprint density at radius 1 is 1.04 bits per heavy atom. The van der Waals surface area contributed by atoms with E-state index in [1.165, 1.54) is 17.6 Å². The zero-order valence-corrected chi connectivity index (χ0v) is 15.1. The lowest BCUT2D eigenvalue weighted by molar-refractivity contribution is -0.136. The number of anilines is 1. The quantitative estimate of drug-likeness (QED) is 0.401. The summed E-state index contributed by atoms with van der Waals surface area (Å²) in [6.07, 6.45) is 1.42. The molecule has 0 aliphatic rings. The van der Waals surface area contributed by atoms with Gasteiger partial charge >= 0.3 is 11.8 Å². The van der Waals surface area contributed by atoms with Crippen molar-refractivity contribution < 1.29 is 14.3 Å². The van der Waals surface area contributed by atoms with E-state index in [4.69, 9.17) is 4.74 Å². The molecule has 0 aliphatic carbocycles. The summed E-state index contributed by atoms with van der Waals surface area (Å²) in [7, 11) is 1.57. The molecule has 0 bridgehead atoms. The van der Waals surface area contributed by atoms with E-state index in [-0.39, 0.29) is 5.13 Å². The standard InChI is InChI=1S/C18H15N5O3S/c1-26-14-9-7-12(8-10-14)11-19-21-16(25)15(24)20-18-23-22-17(27-18)13-5-3-2-4-6-13/h2-11H,1H3,(H,21,25)(H,20,23,24)/b19-11+. The molecule has 0 atom stereocenters. The molecular weight excluding hydrogens is 366 g/mol. The normalized spacial score (nSPS) is 10.6. The second kappa shape index (κ2) is 8.68. The van der Waals surface area contributed by atoms with Crippen LogP contribution < -0.4 is 15.5 Å². The number of nitrogens with zero attached hydrogens (tertiary/aromatic N) is 3. The van der Waals surface area contributed by atoms with E-state index in [1.54, 1.807) is 31.4 Å². The summed E-state index contributed by atoms with van der Waals surface area (Å²) >= 11 is 1.17. The van der Waals surface area contributed by atoms with Crippen LogP contribution in [0.1, 0.15) is 5.56 Å². The Kier molecular flexibility index (Phi) is 5.85. The Bertz CT molecular complexity index is 955. The van der Waals surface area contributed by atoms with Crippen molar-refractivity contribution in [1.29, 1.82) is 0 Å². The minimum absolute atomic E-state index is 0.230. The lowest BCUT2D eigenvalue weighted by Crippen LogP contribution is -2.32. The first-order valence-electron chi connectivity index (χ1n) is 7.83. The van der Waals surface area contributed by atoms with E-state index in [2.05, 4.69) is 26.0 Å². The van der Waals surface area contributed by atoms with Gasteiger partial charge in [0.05, 0.1) is 13.3 Å². The smallest absolute Gasteiger partial charge is 0.329 e. The number of methoxy groups -OCH3 is 1. The number of rotatable bonds is 5. The lowest BCUT2D eigenvalue weighted by Gasteiger charge is -2.00. The average Bonchev–Trinajstić information content (AvgIpc) is 3.17. The summed E-state index contributed by atoms with van der Waals surface area (Å²) in [4.78, 5) is 23.7. The summed E-state index contributed by atoms with van der Waals surface area (Å²) in [6, 6.07) is 16.5. The van der Waals surface area contributed by atoms with Crippen LogP contribution in [0.4, 0.5) is 5.13 Å². The van der Waals surface area contributed by atoms with Gasteiger partial charge in [-0.05, 0) is 29.8 Å². The summed E-state index contributed by atoms with van der Waals surface area (Å²) < 4.78 is 5.05. The molecular formula is C18H15N5O3S. The van der Waals surface area contributed by atoms with E-state index in [1.807, 2.05) is 30.3 Å². The highest BCUT2D eigenvalue weighted by atomic mass is 32.1. The van der Waals surface area contributed by atoms with Crippen LogP contribution >= 0.6 is 11.3 Å². The third kappa shape index (κ3) is 4.95. The first-order chi connectivity index (χ1) is 13.2. The van der Waals surface area contributed by atoms with Gasteiger partial charge in [0.2, 0.25) is 5.13 Å². The number of benzene rings is 2. The van der Waals surface area contributed by atoms with Crippen LogP contribution in [0.5, 0.6) is 5.75 Å². The number of hydrazone groups is 1. The molecule has 0 aliphatic heterocycles. The van der Waals surface area contributed by atoms with E-state index < -0.39 is 11.8 Å². The molecule has 136 valence electrons. The molecule has 8 nitrogen and oxygen atoms in total. The van der Waals surface area contributed by atoms with Crippen LogP contribution in [0.2, 0.25) is 0 Å². The molecule has 2 amide bonds. The van der Waals surface area contributed by atoms with Crippen molar-refractivity contribution in [2.24, 2.45) is 5.10 Å². The minimum Gasteiger partial charge on any atom is -0.497 e. The highest BCUT2D eigenvalue weighted by Crippen LogP contribution is 2.25. The summed E-state index contributed by atoms with van der Waals surface area (Å²) in [5, 5.41) is 14.9. The van der Waals surface area contributed by atoms with Crippen molar-refractivity contribution in [3.63, 3.8) is 0 Å². The minimum atomic E-state index is -0.906. The molecule has 3 rings (SSSR count). The van der Waals surface area contributed by atoms with Gasteiger partial charge < -0.3 is 4.74 Å². The van der Waals surface area contributed by atoms with Crippen molar-refractivity contribution in [3.8, 4) is 16.3 Å². The molecule has 0 unspecified atom stereocenters. The molecule has 0 fully saturated rings. The first kappa shape index (κ1) is 18.2. The van der Waals surface area contributed by atoms with Crippen molar-refractivity contribution in [1.82, 2.24) is 15.6 Å². The Morgan fingerprint density at radius 2 is 1.78 bits per heavy atom. The highest BCUT2D eigenvalue weighted by molar-refractivity contribution is 7.18. The largest absolute Gasteiger partial charge is 0.497 e. The number of amides is 2. The fraction of sp³-hybridized carbons (Fsp3) is 0.0556. The maximum absolute atomic E-state index is 11.9. The lowest BCUT2D eigenvalue weighted by atomic mass is 10.2. The van der Waals surface area contributed by atoms with Crippen LogP contribution in [0.15, 0.2) is 59.7 Å².